The summed E-state index contributed by atoms with van der Waals surface area (Å²) in [6.45, 7) is 6.15. The third-order valence-electron chi connectivity index (χ3n) is 8.01. The lowest BCUT2D eigenvalue weighted by Gasteiger charge is -2.41. The van der Waals surface area contributed by atoms with Gasteiger partial charge in [0.1, 0.15) is 18.4 Å². The molecular formula is C33H36F3NO4. The molecule has 0 spiro atoms. The van der Waals surface area contributed by atoms with Crippen LogP contribution in [0.2, 0.25) is 0 Å². The molecule has 8 heteroatoms. The van der Waals surface area contributed by atoms with Gasteiger partial charge in [0.2, 0.25) is 0 Å². The number of allylic oxidation sites excluding steroid dienone is 1. The summed E-state index contributed by atoms with van der Waals surface area (Å²) < 4.78 is 50.3. The lowest BCUT2D eigenvalue weighted by molar-refractivity contribution is -0.146. The van der Waals surface area contributed by atoms with E-state index in [1.807, 2.05) is 31.2 Å². The van der Waals surface area contributed by atoms with E-state index in [1.54, 1.807) is 12.1 Å². The number of halogens is 3. The molecule has 3 atom stereocenters. The van der Waals surface area contributed by atoms with E-state index in [0.717, 1.165) is 43.2 Å². The van der Waals surface area contributed by atoms with Crippen LogP contribution in [0.5, 0.6) is 5.75 Å². The molecule has 1 amide bonds. The summed E-state index contributed by atoms with van der Waals surface area (Å²) in [7, 11) is 1.31. The minimum absolute atomic E-state index is 0.0502. The van der Waals surface area contributed by atoms with Crippen LogP contribution >= 0.6 is 0 Å². The fourth-order valence-electron chi connectivity index (χ4n) is 5.73. The molecule has 4 rings (SSSR count). The molecule has 1 aliphatic carbocycles. The van der Waals surface area contributed by atoms with Gasteiger partial charge in [0.15, 0.2) is 0 Å². The Bertz CT molecular complexity index is 1430. The molecule has 0 aliphatic heterocycles. The van der Waals surface area contributed by atoms with Crippen LogP contribution in [-0.4, -0.2) is 25.0 Å². The van der Waals surface area contributed by atoms with Gasteiger partial charge in [0, 0.05) is 10.8 Å². The van der Waals surface area contributed by atoms with Crippen LogP contribution < -0.4 is 10.1 Å². The molecule has 0 aromatic heterocycles. The van der Waals surface area contributed by atoms with E-state index in [1.165, 1.54) is 24.8 Å². The predicted molar refractivity (Wildman–Crippen MR) is 152 cm³/mol. The van der Waals surface area contributed by atoms with Crippen molar-refractivity contribution in [3.8, 4) is 5.75 Å². The van der Waals surface area contributed by atoms with Crippen LogP contribution in [0.3, 0.4) is 0 Å². The number of ether oxygens (including phenoxy) is 2. The third kappa shape index (κ3) is 6.75. The molecule has 1 N–H and O–H groups in total. The zero-order valence-corrected chi connectivity index (χ0v) is 23.8. The number of carbonyl (C=O) groups excluding carboxylic acids is 2. The standard InChI is InChI=1S/C33H36F3NO4/c1-5-21-17-22(6-2)19-32(3,18-21)29(31(39)40-4)37-30(38)27-16-13-24-9-7-8-10-26(24)28(27)41-20-23-11-14-25(15-12-23)33(34,35)36/h7-16,18,22,29H,5-6,17,19-20H2,1-4H3,(H,37,38)/t22?,29-,32?/m1/s1. The van der Waals surface area contributed by atoms with E-state index in [-0.39, 0.29) is 17.9 Å². The number of fused-ring (bicyclic) bond motifs is 1. The second kappa shape index (κ2) is 12.4. The first-order chi connectivity index (χ1) is 19.5. The molecule has 218 valence electrons. The van der Waals surface area contributed by atoms with Gasteiger partial charge in [-0.2, -0.15) is 13.2 Å². The molecule has 0 fully saturated rings. The Morgan fingerprint density at radius 1 is 1.05 bits per heavy atom. The van der Waals surface area contributed by atoms with Crippen molar-refractivity contribution >= 4 is 22.6 Å². The predicted octanol–water partition coefficient (Wildman–Crippen LogP) is 7.87. The van der Waals surface area contributed by atoms with Gasteiger partial charge in [0.25, 0.3) is 5.91 Å². The number of methoxy groups -OCH3 is 1. The molecule has 0 radical (unpaired) electrons. The number of hydrogen-bond acceptors (Lipinski definition) is 4. The van der Waals surface area contributed by atoms with Crippen molar-refractivity contribution in [2.24, 2.45) is 11.3 Å². The first-order valence-electron chi connectivity index (χ1n) is 13.9. The summed E-state index contributed by atoms with van der Waals surface area (Å²) in [4.78, 5) is 27.0. The zero-order valence-electron chi connectivity index (χ0n) is 23.8. The van der Waals surface area contributed by atoms with Crippen LogP contribution in [0.25, 0.3) is 10.8 Å². The van der Waals surface area contributed by atoms with Crippen molar-refractivity contribution in [2.45, 2.75) is 65.3 Å². The first kappa shape index (κ1) is 30.2. The van der Waals surface area contributed by atoms with Gasteiger partial charge < -0.3 is 14.8 Å². The minimum atomic E-state index is -4.43. The second-order valence-corrected chi connectivity index (χ2v) is 10.9. The highest BCUT2D eigenvalue weighted by atomic mass is 19.4. The van der Waals surface area contributed by atoms with Gasteiger partial charge in [-0.15, -0.1) is 0 Å². The average molecular weight is 568 g/mol. The van der Waals surface area contributed by atoms with E-state index in [0.29, 0.717) is 16.9 Å². The Balaban J connectivity index is 1.67. The van der Waals surface area contributed by atoms with Gasteiger partial charge in [-0.25, -0.2) is 4.79 Å². The Labute approximate surface area is 238 Å². The lowest BCUT2D eigenvalue weighted by atomic mass is 9.67. The van der Waals surface area contributed by atoms with Gasteiger partial charge in [-0.3, -0.25) is 4.79 Å². The molecule has 0 heterocycles. The Hall–Kier alpha value is -3.81. The van der Waals surface area contributed by atoms with E-state index in [2.05, 4.69) is 25.2 Å². The van der Waals surface area contributed by atoms with Crippen molar-refractivity contribution in [1.29, 1.82) is 0 Å². The smallest absolute Gasteiger partial charge is 0.416 e. The van der Waals surface area contributed by atoms with Crippen molar-refractivity contribution < 1.29 is 32.2 Å². The Morgan fingerprint density at radius 2 is 1.76 bits per heavy atom. The fourth-order valence-corrected chi connectivity index (χ4v) is 5.73. The molecule has 0 bridgehead atoms. The monoisotopic (exact) mass is 567 g/mol. The summed E-state index contributed by atoms with van der Waals surface area (Å²) in [5.41, 5.74) is 0.589. The molecule has 41 heavy (non-hydrogen) atoms. The zero-order chi connectivity index (χ0) is 29.8. The van der Waals surface area contributed by atoms with Gasteiger partial charge in [-0.05, 0) is 54.3 Å². The molecule has 0 saturated carbocycles. The maximum Gasteiger partial charge on any atom is 0.416 e. The van der Waals surface area contributed by atoms with Gasteiger partial charge >= 0.3 is 12.1 Å². The third-order valence-corrected chi connectivity index (χ3v) is 8.01. The van der Waals surface area contributed by atoms with E-state index in [4.69, 9.17) is 9.47 Å². The number of amides is 1. The molecule has 3 aromatic carbocycles. The second-order valence-electron chi connectivity index (χ2n) is 10.9. The van der Waals surface area contributed by atoms with Crippen LogP contribution in [0.1, 0.15) is 67.9 Å². The van der Waals surface area contributed by atoms with E-state index < -0.39 is 35.1 Å². The van der Waals surface area contributed by atoms with E-state index >= 15 is 0 Å². The fraction of sp³-hybridized carbons (Fsp3) is 0.394. The van der Waals surface area contributed by atoms with Crippen molar-refractivity contribution in [3.05, 3.63) is 89.0 Å². The summed E-state index contributed by atoms with van der Waals surface area (Å²) in [6.07, 6.45) is 1.19. The normalized spacial score (nSPS) is 19.8. The molecule has 3 aromatic rings. The molecule has 1 aliphatic rings. The Morgan fingerprint density at radius 3 is 2.39 bits per heavy atom. The van der Waals surface area contributed by atoms with Crippen molar-refractivity contribution in [3.63, 3.8) is 0 Å². The quantitative estimate of drug-likeness (QED) is 0.211. The molecule has 2 unspecified atom stereocenters. The highest BCUT2D eigenvalue weighted by Crippen LogP contribution is 2.43. The Kier molecular flexibility index (Phi) is 9.10. The number of alkyl halides is 3. The minimum Gasteiger partial charge on any atom is -0.487 e. The number of hydrogen-bond donors (Lipinski definition) is 1. The lowest BCUT2D eigenvalue weighted by Crippen LogP contribution is -2.52. The molecular weight excluding hydrogens is 531 g/mol. The number of benzene rings is 3. The van der Waals surface area contributed by atoms with Crippen LogP contribution in [0.4, 0.5) is 13.2 Å². The summed E-state index contributed by atoms with van der Waals surface area (Å²) in [5.74, 6) is -0.362. The largest absolute Gasteiger partial charge is 0.487 e. The topological polar surface area (TPSA) is 64.6 Å². The van der Waals surface area contributed by atoms with Gasteiger partial charge in [-0.1, -0.05) is 81.3 Å². The number of rotatable bonds is 9. The van der Waals surface area contributed by atoms with E-state index in [9.17, 15) is 22.8 Å². The first-order valence-corrected chi connectivity index (χ1v) is 13.9. The van der Waals surface area contributed by atoms with Crippen molar-refractivity contribution in [2.75, 3.05) is 7.11 Å². The highest BCUT2D eigenvalue weighted by molar-refractivity contribution is 6.05. The van der Waals surface area contributed by atoms with Crippen LogP contribution in [-0.2, 0) is 22.3 Å². The summed E-state index contributed by atoms with van der Waals surface area (Å²) >= 11 is 0. The summed E-state index contributed by atoms with van der Waals surface area (Å²) in [6, 6.07) is 14.6. The molecule has 0 saturated heterocycles. The maximum atomic E-state index is 13.8. The molecule has 5 nitrogen and oxygen atoms in total. The number of esters is 1. The maximum absolute atomic E-state index is 13.8. The summed E-state index contributed by atoms with van der Waals surface area (Å²) in [5, 5.41) is 4.45. The number of nitrogens with one attached hydrogen (secondary N) is 1. The average Bonchev–Trinajstić information content (AvgIpc) is 2.97. The SMILES string of the molecule is CCC1=CC(C)([C@H](NC(=O)c2ccc3ccccc3c2OCc2ccc(C(F)(F)F)cc2)C(=O)OC)CC(CC)C1. The highest BCUT2D eigenvalue weighted by Gasteiger charge is 2.43. The van der Waals surface area contributed by atoms with Crippen LogP contribution in [0, 0.1) is 11.3 Å². The number of carbonyl (C=O) groups is 2. The van der Waals surface area contributed by atoms with Crippen LogP contribution in [0.15, 0.2) is 72.3 Å². The van der Waals surface area contributed by atoms with Crippen molar-refractivity contribution in [1.82, 2.24) is 5.32 Å². The van der Waals surface area contributed by atoms with Gasteiger partial charge in [0.05, 0.1) is 18.2 Å².